The summed E-state index contributed by atoms with van der Waals surface area (Å²) in [6.45, 7) is 7.45. The second-order valence-corrected chi connectivity index (χ2v) is 7.55. The van der Waals surface area contributed by atoms with Gasteiger partial charge >= 0.3 is 0 Å². The zero-order chi connectivity index (χ0) is 18.8. The number of allylic oxidation sites excluding steroid dienone is 2. The van der Waals surface area contributed by atoms with Crippen LogP contribution in [0.2, 0.25) is 0 Å². The molecule has 0 aliphatic carbocycles. The van der Waals surface area contributed by atoms with Crippen molar-refractivity contribution in [1.29, 1.82) is 0 Å². The summed E-state index contributed by atoms with van der Waals surface area (Å²) in [5, 5.41) is 10.6. The van der Waals surface area contributed by atoms with Gasteiger partial charge in [0.25, 0.3) is 0 Å². The highest BCUT2D eigenvalue weighted by Gasteiger charge is 2.25. The van der Waals surface area contributed by atoms with E-state index >= 15 is 0 Å². The third kappa shape index (κ3) is 3.56. The molecular weight excluding hydrogens is 334 g/mol. The van der Waals surface area contributed by atoms with Crippen molar-refractivity contribution in [2.45, 2.75) is 19.4 Å². The van der Waals surface area contributed by atoms with Gasteiger partial charge < -0.3 is 25.8 Å². The first-order valence-corrected chi connectivity index (χ1v) is 10.1. The minimum atomic E-state index is 0.218. The Morgan fingerprint density at radius 3 is 2.70 bits per heavy atom. The number of likely N-dealkylation sites (N-methyl/N-ethyl adjacent to an activating group) is 1. The van der Waals surface area contributed by atoms with Crippen molar-refractivity contribution >= 4 is 11.4 Å². The van der Waals surface area contributed by atoms with Gasteiger partial charge in [-0.3, -0.25) is 0 Å². The van der Waals surface area contributed by atoms with Crippen molar-refractivity contribution in [1.82, 2.24) is 20.4 Å². The summed E-state index contributed by atoms with van der Waals surface area (Å²) in [6, 6.07) is 6.96. The molecule has 1 saturated heterocycles. The third-order valence-corrected chi connectivity index (χ3v) is 5.79. The average molecular weight is 366 g/mol. The van der Waals surface area contributed by atoms with Gasteiger partial charge in [0.15, 0.2) is 0 Å². The maximum atomic E-state index is 3.76. The van der Waals surface area contributed by atoms with Crippen molar-refractivity contribution in [3.63, 3.8) is 0 Å². The van der Waals surface area contributed by atoms with Gasteiger partial charge in [-0.05, 0) is 35.8 Å². The van der Waals surface area contributed by atoms with E-state index in [1.54, 1.807) is 0 Å². The van der Waals surface area contributed by atoms with Gasteiger partial charge in [-0.15, -0.1) is 0 Å². The molecule has 27 heavy (non-hydrogen) atoms. The number of nitrogens with zero attached hydrogens (tertiary/aromatic N) is 2. The average Bonchev–Trinajstić information content (AvgIpc) is 2.72. The summed E-state index contributed by atoms with van der Waals surface area (Å²) in [5.41, 5.74) is 6.46. The molecule has 0 aromatic heterocycles. The molecular formula is C22H31N5. The Labute approximate surface area is 162 Å². The second kappa shape index (κ2) is 7.69. The molecule has 1 atom stereocenters. The molecule has 1 unspecified atom stereocenters. The van der Waals surface area contributed by atoms with Crippen LogP contribution in [0.15, 0.2) is 47.8 Å². The maximum absolute atomic E-state index is 3.76. The van der Waals surface area contributed by atoms with Gasteiger partial charge in [-0.25, -0.2) is 0 Å². The summed E-state index contributed by atoms with van der Waals surface area (Å²) in [7, 11) is 4.21. The molecule has 5 heteroatoms. The van der Waals surface area contributed by atoms with Crippen LogP contribution in [0.3, 0.4) is 0 Å². The molecule has 3 aliphatic heterocycles. The lowest BCUT2D eigenvalue weighted by Crippen LogP contribution is -2.47. The highest BCUT2D eigenvalue weighted by Crippen LogP contribution is 2.32. The van der Waals surface area contributed by atoms with Gasteiger partial charge in [0.1, 0.15) is 5.82 Å². The first-order valence-electron chi connectivity index (χ1n) is 10.1. The number of fused-ring (bicyclic) bond motifs is 1. The highest BCUT2D eigenvalue weighted by atomic mass is 15.3. The lowest BCUT2D eigenvalue weighted by atomic mass is 9.94. The van der Waals surface area contributed by atoms with Crippen LogP contribution in [-0.2, 0) is 6.42 Å². The molecule has 144 valence electrons. The van der Waals surface area contributed by atoms with Crippen LogP contribution in [0.5, 0.6) is 0 Å². The number of piperazine rings is 1. The summed E-state index contributed by atoms with van der Waals surface area (Å²) in [6.07, 6.45) is 7.97. The van der Waals surface area contributed by atoms with Crippen molar-refractivity contribution in [3.8, 4) is 0 Å². The number of hydrogen-bond acceptors (Lipinski definition) is 5. The first kappa shape index (κ1) is 18.0. The lowest BCUT2D eigenvalue weighted by Gasteiger charge is -2.39. The monoisotopic (exact) mass is 365 g/mol. The number of aryl methyl sites for hydroxylation is 1. The second-order valence-electron chi connectivity index (χ2n) is 7.55. The van der Waals surface area contributed by atoms with Crippen LogP contribution < -0.4 is 16.0 Å². The molecule has 0 bridgehead atoms. The van der Waals surface area contributed by atoms with Gasteiger partial charge in [0.05, 0.1) is 6.04 Å². The summed E-state index contributed by atoms with van der Waals surface area (Å²) in [5.74, 6) is 1.34. The quantitative estimate of drug-likeness (QED) is 0.764. The van der Waals surface area contributed by atoms with Crippen molar-refractivity contribution in [2.75, 3.05) is 52.1 Å². The Morgan fingerprint density at radius 2 is 2.00 bits per heavy atom. The Morgan fingerprint density at radius 1 is 1.19 bits per heavy atom. The molecule has 5 nitrogen and oxygen atoms in total. The van der Waals surface area contributed by atoms with E-state index < -0.39 is 0 Å². The predicted octanol–water partition coefficient (Wildman–Crippen LogP) is 2.22. The third-order valence-electron chi connectivity index (χ3n) is 5.79. The molecule has 3 N–H and O–H groups in total. The SMILES string of the molecule is CCc1ccc2c(c1)NC(C1=CC=C(N3CCNCC3)N(C)C1)C=C2NC. The van der Waals surface area contributed by atoms with E-state index in [9.17, 15) is 0 Å². The van der Waals surface area contributed by atoms with Crippen molar-refractivity contribution in [2.24, 2.45) is 0 Å². The van der Waals surface area contributed by atoms with E-state index in [0.29, 0.717) is 0 Å². The van der Waals surface area contributed by atoms with E-state index in [1.165, 1.54) is 33.9 Å². The van der Waals surface area contributed by atoms with Gasteiger partial charge in [-0.1, -0.05) is 25.1 Å². The van der Waals surface area contributed by atoms with Gasteiger partial charge in [0, 0.05) is 63.8 Å². The standard InChI is InChI=1S/C22H31N5/c1-4-16-5-7-18-20(23-2)14-19(25-21(18)13-16)17-6-8-22(26(3)15-17)27-11-9-24-10-12-27/h5-8,13-14,19,23-25H,4,9-12,15H2,1-3H3. The molecule has 3 heterocycles. The van der Waals surface area contributed by atoms with Crippen LogP contribution in [0.1, 0.15) is 18.1 Å². The van der Waals surface area contributed by atoms with Crippen molar-refractivity contribution < 1.29 is 0 Å². The molecule has 1 aromatic carbocycles. The summed E-state index contributed by atoms with van der Waals surface area (Å²) in [4.78, 5) is 4.86. The molecule has 1 aromatic rings. The number of hydrogen-bond donors (Lipinski definition) is 3. The van der Waals surface area contributed by atoms with Crippen LogP contribution in [0, 0.1) is 0 Å². The lowest BCUT2D eigenvalue weighted by molar-refractivity contribution is 0.217. The number of benzene rings is 1. The fourth-order valence-electron chi connectivity index (χ4n) is 4.21. The Balaban J connectivity index is 1.59. The topological polar surface area (TPSA) is 42.6 Å². The van der Waals surface area contributed by atoms with E-state index in [-0.39, 0.29) is 6.04 Å². The fraction of sp³-hybridized carbons (Fsp3) is 0.455. The zero-order valence-corrected chi connectivity index (χ0v) is 16.7. The zero-order valence-electron chi connectivity index (χ0n) is 16.7. The van der Waals surface area contributed by atoms with Crippen molar-refractivity contribution in [3.05, 3.63) is 58.9 Å². The normalized spacial score (nSPS) is 22.3. The van der Waals surface area contributed by atoms with Crippen LogP contribution in [0.4, 0.5) is 5.69 Å². The van der Waals surface area contributed by atoms with Gasteiger partial charge in [-0.2, -0.15) is 0 Å². The fourth-order valence-corrected chi connectivity index (χ4v) is 4.21. The Hall–Kier alpha value is -2.40. The molecule has 4 rings (SSSR count). The van der Waals surface area contributed by atoms with Crippen LogP contribution in [-0.4, -0.2) is 62.7 Å². The maximum Gasteiger partial charge on any atom is 0.104 e. The largest absolute Gasteiger partial charge is 0.388 e. The number of anilines is 1. The van der Waals surface area contributed by atoms with E-state index in [4.69, 9.17) is 0 Å². The predicted molar refractivity (Wildman–Crippen MR) is 114 cm³/mol. The first-order chi connectivity index (χ1) is 13.2. The van der Waals surface area contributed by atoms with E-state index in [2.05, 4.69) is 76.1 Å². The summed E-state index contributed by atoms with van der Waals surface area (Å²) >= 11 is 0. The minimum Gasteiger partial charge on any atom is -0.388 e. The number of nitrogens with one attached hydrogen (secondary N) is 3. The van der Waals surface area contributed by atoms with E-state index in [0.717, 1.165) is 39.1 Å². The number of rotatable bonds is 4. The minimum absolute atomic E-state index is 0.218. The molecule has 3 aliphatic rings. The molecule has 0 saturated carbocycles. The molecule has 1 fully saturated rings. The van der Waals surface area contributed by atoms with Crippen LogP contribution in [0.25, 0.3) is 5.70 Å². The molecule has 0 radical (unpaired) electrons. The summed E-state index contributed by atoms with van der Waals surface area (Å²) < 4.78 is 0. The van der Waals surface area contributed by atoms with Crippen LogP contribution >= 0.6 is 0 Å². The Kier molecular flexibility index (Phi) is 5.12. The Bertz CT molecular complexity index is 786. The molecule has 0 amide bonds. The molecule has 0 spiro atoms. The van der Waals surface area contributed by atoms with E-state index in [1.807, 2.05) is 7.05 Å². The smallest absolute Gasteiger partial charge is 0.104 e. The highest BCUT2D eigenvalue weighted by molar-refractivity contribution is 5.80. The van der Waals surface area contributed by atoms with Gasteiger partial charge in [0.2, 0.25) is 0 Å².